The zero-order valence-electron chi connectivity index (χ0n) is 29.6. The van der Waals surface area contributed by atoms with Crippen molar-refractivity contribution in [3.63, 3.8) is 0 Å². The molecule has 6 heterocycles. The van der Waals surface area contributed by atoms with Gasteiger partial charge in [0.15, 0.2) is 37.5 Å². The highest BCUT2D eigenvalue weighted by atomic mass is 32.7. The van der Waals surface area contributed by atoms with Gasteiger partial charge in [0.05, 0.1) is 32.0 Å². The van der Waals surface area contributed by atoms with Crippen LogP contribution in [0.25, 0.3) is 22.3 Å². The third-order valence-corrected chi connectivity index (χ3v) is 17.0. The lowest BCUT2D eigenvalue weighted by molar-refractivity contribution is -0.0480. The number of nitrogens with two attached hydrogens (primary N) is 2. The maximum Gasteiger partial charge on any atom is 0.386 e. The Labute approximate surface area is 311 Å². The van der Waals surface area contributed by atoms with Crippen LogP contribution in [0.1, 0.15) is 47.1 Å². The smallest absolute Gasteiger partial charge is 0.386 e. The number of thiol groups is 2. The van der Waals surface area contributed by atoms with E-state index in [0.717, 1.165) is 0 Å². The lowest BCUT2D eigenvalue weighted by Crippen LogP contribution is -2.50. The highest BCUT2D eigenvalue weighted by Gasteiger charge is 2.54. The summed E-state index contributed by atoms with van der Waals surface area (Å²) in [5.41, 5.74) is 13.6. The number of nitrogen functional groups attached to an aromatic ring is 2. The second-order valence-electron chi connectivity index (χ2n) is 14.5. The molecule has 0 bridgehead atoms. The average Bonchev–Trinajstić information content (AvgIpc) is 3.80. The predicted octanol–water partition coefficient (Wildman–Crippen LogP) is 4.77. The second kappa shape index (κ2) is 14.5. The van der Waals surface area contributed by atoms with Crippen molar-refractivity contribution in [1.29, 1.82) is 0 Å². The molecule has 2 fully saturated rings. The van der Waals surface area contributed by atoms with Crippen molar-refractivity contribution in [3.05, 3.63) is 25.3 Å². The normalized spacial score (nSPS) is 29.5. The van der Waals surface area contributed by atoms with Crippen molar-refractivity contribution in [3.8, 4) is 0 Å². The minimum absolute atomic E-state index is 0.0311. The molecule has 3 unspecified atom stereocenters. The summed E-state index contributed by atoms with van der Waals surface area (Å²) >= 11 is 8.08. The van der Waals surface area contributed by atoms with Gasteiger partial charge in [-0.05, 0) is 24.1 Å². The molecule has 6 rings (SSSR count). The van der Waals surface area contributed by atoms with E-state index in [0.29, 0.717) is 22.3 Å². The number of aromatic nitrogens is 8. The molecule has 0 spiro atoms. The summed E-state index contributed by atoms with van der Waals surface area (Å²) in [6.07, 6.45) is 0.356. The van der Waals surface area contributed by atoms with E-state index in [-0.39, 0.29) is 35.1 Å². The Kier molecular flexibility index (Phi) is 11.0. The Balaban J connectivity index is 1.29. The van der Waals surface area contributed by atoms with Gasteiger partial charge in [-0.15, -0.1) is 0 Å². The molecule has 10 atom stereocenters. The van der Waals surface area contributed by atoms with Crippen LogP contribution in [0.5, 0.6) is 0 Å². The van der Waals surface area contributed by atoms with E-state index in [1.165, 1.54) is 23.5 Å². The van der Waals surface area contributed by atoms with Crippen molar-refractivity contribution in [1.82, 2.24) is 39.0 Å². The van der Waals surface area contributed by atoms with E-state index in [1.807, 2.05) is 47.7 Å². The zero-order chi connectivity index (χ0) is 38.0. The number of anilines is 2. The minimum Gasteiger partial charge on any atom is -0.408 e. The van der Waals surface area contributed by atoms with E-state index in [4.69, 9.17) is 38.9 Å². The van der Waals surface area contributed by atoms with E-state index in [1.54, 1.807) is 10.9 Å². The molecule has 2 aliphatic rings. The van der Waals surface area contributed by atoms with Gasteiger partial charge in [-0.25, -0.2) is 39.0 Å². The summed E-state index contributed by atoms with van der Waals surface area (Å²) in [4.78, 5) is 35.3. The van der Waals surface area contributed by atoms with Gasteiger partial charge < -0.3 is 30.3 Å². The largest absolute Gasteiger partial charge is 0.408 e. The molecule has 286 valence electrons. The van der Waals surface area contributed by atoms with Crippen molar-refractivity contribution in [2.45, 2.75) is 89.6 Å². The van der Waals surface area contributed by atoms with Gasteiger partial charge in [0.25, 0.3) is 0 Å². The summed E-state index contributed by atoms with van der Waals surface area (Å²) in [6, 6.07) is 0. The molecule has 4 aromatic rings. The number of hydrogen-bond donors (Lipinski definition) is 5. The number of rotatable bonds is 12. The van der Waals surface area contributed by atoms with Crippen LogP contribution in [-0.2, 0) is 36.6 Å². The summed E-state index contributed by atoms with van der Waals surface area (Å²) in [7, 11) is -2.63. The molecule has 2 aliphatic heterocycles. The first-order valence-electron chi connectivity index (χ1n) is 16.4. The molecule has 2 saturated heterocycles. The van der Waals surface area contributed by atoms with Crippen LogP contribution < -0.4 is 11.5 Å². The Morgan fingerprint density at radius 1 is 0.827 bits per heavy atom. The number of fused-ring (bicyclic) bond motifs is 2. The Bertz CT molecular complexity index is 2030. The fraction of sp³-hybridized carbons (Fsp3) is 0.643. The molecule has 0 amide bonds. The van der Waals surface area contributed by atoms with Gasteiger partial charge in [0, 0.05) is 5.92 Å². The van der Waals surface area contributed by atoms with E-state index in [2.05, 4.69) is 54.4 Å². The Hall–Kier alpha value is -2.20. The molecule has 0 aliphatic carbocycles. The van der Waals surface area contributed by atoms with Gasteiger partial charge in [-0.1, -0.05) is 59.1 Å². The van der Waals surface area contributed by atoms with Crippen LogP contribution in [-0.4, -0.2) is 89.9 Å². The first-order chi connectivity index (χ1) is 24.2. The van der Waals surface area contributed by atoms with Gasteiger partial charge in [0.1, 0.15) is 48.2 Å². The van der Waals surface area contributed by atoms with Gasteiger partial charge in [0.2, 0.25) is 0 Å². The highest BCUT2D eigenvalue weighted by Crippen LogP contribution is 2.58. The second-order valence-corrected chi connectivity index (χ2v) is 24.9. The maximum absolute atomic E-state index is 14.2. The van der Waals surface area contributed by atoms with Gasteiger partial charge in [-0.2, -0.15) is 0 Å². The topological polar surface area (TPSA) is 249 Å². The molecule has 52 heavy (non-hydrogen) atoms. The van der Waals surface area contributed by atoms with Crippen molar-refractivity contribution in [2.24, 2.45) is 11.8 Å². The Morgan fingerprint density at radius 2 is 1.35 bits per heavy atom. The van der Waals surface area contributed by atoms with Crippen LogP contribution in [0.15, 0.2) is 25.3 Å². The fourth-order valence-electron chi connectivity index (χ4n) is 6.01. The van der Waals surface area contributed by atoms with Crippen molar-refractivity contribution in [2.75, 3.05) is 24.7 Å². The quantitative estimate of drug-likeness (QED) is 0.0733. The molecular weight excluding hydrogens is 775 g/mol. The van der Waals surface area contributed by atoms with Crippen molar-refractivity contribution < 1.29 is 41.5 Å². The van der Waals surface area contributed by atoms with Crippen LogP contribution in [0.2, 0.25) is 18.1 Å². The number of nitrogens with zero attached hydrogens (tertiary/aromatic N) is 8. The molecule has 0 saturated carbocycles. The monoisotopic (exact) mass is 818 g/mol. The van der Waals surface area contributed by atoms with Crippen LogP contribution in [0.4, 0.5) is 11.6 Å². The number of ether oxygens (including phenoxy) is 2. The molecule has 24 heteroatoms. The molecule has 4 aromatic heterocycles. The van der Waals surface area contributed by atoms with E-state index in [9.17, 15) is 14.0 Å². The number of hydrogen-bond acceptors (Lipinski definition) is 16. The Morgan fingerprint density at radius 3 is 1.88 bits per heavy atom. The van der Waals surface area contributed by atoms with Crippen LogP contribution in [0.3, 0.4) is 0 Å². The summed E-state index contributed by atoms with van der Waals surface area (Å²) < 4.78 is 66.8. The summed E-state index contributed by atoms with van der Waals surface area (Å²) in [6.45, 7) is 5.16. The van der Waals surface area contributed by atoms with Crippen molar-refractivity contribution >= 4 is 80.4 Å². The third-order valence-electron chi connectivity index (χ3n) is 10.1. The third kappa shape index (κ3) is 7.94. The molecule has 0 radical (unpaired) electrons. The molecular formula is C28H44N10O9P2S2Si. The first-order valence-corrected chi connectivity index (χ1v) is 24.7. The van der Waals surface area contributed by atoms with E-state index >= 15 is 0 Å². The zero-order valence-corrected chi connectivity index (χ0v) is 34.2. The van der Waals surface area contributed by atoms with Crippen LogP contribution in [0, 0.1) is 11.8 Å². The summed E-state index contributed by atoms with van der Waals surface area (Å²) in [5, 5.41) is -0.289. The lowest BCUT2D eigenvalue weighted by Gasteiger charge is -2.40. The van der Waals surface area contributed by atoms with E-state index < -0.39 is 65.4 Å². The molecule has 19 nitrogen and oxygen atoms in total. The maximum atomic E-state index is 14.2. The molecule has 0 aromatic carbocycles. The van der Waals surface area contributed by atoms with Crippen LogP contribution >= 0.6 is 38.1 Å². The summed E-state index contributed by atoms with van der Waals surface area (Å²) in [5.74, 6) is 0.290. The minimum atomic E-state index is -4.24. The van der Waals surface area contributed by atoms with Gasteiger partial charge in [-0.3, -0.25) is 22.7 Å². The van der Waals surface area contributed by atoms with Gasteiger partial charge >= 0.3 is 13.6 Å². The fourth-order valence-corrected chi connectivity index (χ4v) is 9.32. The number of imidazole rings is 2. The first kappa shape index (κ1) is 39.5. The average molecular weight is 819 g/mol. The SMILES string of the molecule is C[C@@H]1[C@H](C)[C@@H](COP(=O)(S)O[C@@H]2C(O[Si](C)(C)C(C)(C)C)[C@@H](COP(=O)(O)S)O[C@H]2n2cnc3c(N)ncnc32)O[C@H]1n1cnc2c(N)ncnc21. The standard InChI is InChI=1S/C28H44N10O9P2S2Si/c1-14-15(2)26(37-12-35-18-22(29)31-10-33-24(18)37)44-16(14)8-43-49(41,51)46-21-20(47-52(6,7)28(3,4)5)17(9-42-48(39,40)50)45-27(21)38-13-36-19-23(30)32-11-34-25(19)38/h10-17,20-21,26-27H,8-9H2,1-7H3,(H,41,51)(H2,29,31,33)(H2,30,32,34)(H2,39,40,50)/t14-,15+,16+,17+,20?,21+,26+,27+,49?/m0/s1. The molecule has 5 N–H and O–H groups in total. The predicted molar refractivity (Wildman–Crippen MR) is 200 cm³/mol. The lowest BCUT2D eigenvalue weighted by atomic mass is 9.93. The highest BCUT2D eigenvalue weighted by molar-refractivity contribution is 8.44.